The van der Waals surface area contributed by atoms with E-state index in [0.29, 0.717) is 0 Å². The molecule has 0 spiro atoms. The molecule has 0 fully saturated rings. The second kappa shape index (κ2) is 13.7. The van der Waals surface area contributed by atoms with Gasteiger partial charge in [-0.2, -0.15) is 0 Å². The van der Waals surface area contributed by atoms with E-state index >= 15 is 0 Å². The molecule has 0 bridgehead atoms. The van der Waals surface area contributed by atoms with Crippen LogP contribution < -0.4 is 9.80 Å². The largest absolute Gasteiger partial charge is 0.456 e. The van der Waals surface area contributed by atoms with Crippen LogP contribution >= 0.6 is 0 Å². The van der Waals surface area contributed by atoms with Crippen molar-refractivity contribution in [3.05, 3.63) is 251 Å². The smallest absolute Gasteiger partial charge is 0.140 e. The molecule has 62 heavy (non-hydrogen) atoms. The van der Waals surface area contributed by atoms with Gasteiger partial charge in [-0.25, -0.2) is 0 Å². The first-order chi connectivity index (χ1) is 30.4. The quantitative estimate of drug-likeness (QED) is 0.167. The molecule has 3 heteroatoms. The molecule has 0 N–H and O–H groups in total. The van der Waals surface area contributed by atoms with Crippen molar-refractivity contribution in [1.29, 1.82) is 0 Å². The van der Waals surface area contributed by atoms with Crippen molar-refractivity contribution in [1.82, 2.24) is 0 Å². The number of fused-ring (bicyclic) bond motifs is 8. The van der Waals surface area contributed by atoms with Crippen LogP contribution in [-0.4, -0.2) is 0 Å². The van der Waals surface area contributed by atoms with Gasteiger partial charge in [0.1, 0.15) is 11.2 Å². The molecular formula is C59H44N2O. The van der Waals surface area contributed by atoms with Crippen molar-refractivity contribution in [2.45, 2.75) is 31.6 Å². The van der Waals surface area contributed by atoms with Gasteiger partial charge in [-0.15, -0.1) is 0 Å². The van der Waals surface area contributed by atoms with Gasteiger partial charge in [-0.3, -0.25) is 0 Å². The van der Waals surface area contributed by atoms with Gasteiger partial charge in [-0.05, 0) is 118 Å². The summed E-state index contributed by atoms with van der Waals surface area (Å²) in [5.41, 5.74) is 19.1. The Morgan fingerprint density at radius 1 is 0.419 bits per heavy atom. The van der Waals surface area contributed by atoms with Crippen LogP contribution in [0.1, 0.15) is 52.8 Å². The summed E-state index contributed by atoms with van der Waals surface area (Å²) in [6.45, 7) is 6.94. The van der Waals surface area contributed by atoms with Crippen molar-refractivity contribution in [3.8, 4) is 11.1 Å². The number of furan rings is 1. The highest BCUT2D eigenvalue weighted by atomic mass is 16.3. The van der Waals surface area contributed by atoms with Crippen molar-refractivity contribution in [3.63, 3.8) is 0 Å². The van der Waals surface area contributed by atoms with Gasteiger partial charge >= 0.3 is 0 Å². The maximum Gasteiger partial charge on any atom is 0.140 e. The number of aryl methyl sites for hydroxylation is 1. The summed E-state index contributed by atoms with van der Waals surface area (Å²) in [4.78, 5) is 4.84. The average molecular weight is 797 g/mol. The van der Waals surface area contributed by atoms with Crippen LogP contribution in [0.2, 0.25) is 0 Å². The minimum atomic E-state index is -0.687. The Hall–Kier alpha value is -7.62. The third-order valence-electron chi connectivity index (χ3n) is 13.7. The van der Waals surface area contributed by atoms with Gasteiger partial charge in [0.15, 0.2) is 0 Å². The van der Waals surface area contributed by atoms with Crippen molar-refractivity contribution < 1.29 is 4.42 Å². The zero-order valence-electron chi connectivity index (χ0n) is 35.0. The molecule has 1 aromatic heterocycles. The summed E-state index contributed by atoms with van der Waals surface area (Å²) in [7, 11) is 0. The van der Waals surface area contributed by atoms with E-state index in [1.165, 1.54) is 44.5 Å². The normalized spacial score (nSPS) is 14.3. The average Bonchev–Trinajstić information content (AvgIpc) is 3.81. The van der Waals surface area contributed by atoms with Crippen LogP contribution in [0.15, 0.2) is 217 Å². The van der Waals surface area contributed by atoms with Crippen molar-refractivity contribution in [2.24, 2.45) is 0 Å². The fraction of sp³-hybridized carbons (Fsp3) is 0.0847. The van der Waals surface area contributed by atoms with E-state index in [1.54, 1.807) is 0 Å². The first kappa shape index (κ1) is 36.2. The SMILES string of the molecule is Cc1ccccc1C1(c2cccc3c2oc2ccccc23)c2ccccc2N(c2ccc(N(c3ccccc3)c3ccc4c(c3)C(C)(C)c3ccccc3-4)cc2)c2ccccc21. The van der Waals surface area contributed by atoms with E-state index in [2.05, 4.69) is 243 Å². The number of para-hydroxylation sites is 5. The Morgan fingerprint density at radius 3 is 1.71 bits per heavy atom. The van der Waals surface area contributed by atoms with Crippen LogP contribution in [-0.2, 0) is 10.8 Å². The third kappa shape index (κ3) is 5.12. The third-order valence-corrected chi connectivity index (χ3v) is 13.7. The first-order valence-electron chi connectivity index (χ1n) is 21.6. The highest BCUT2D eigenvalue weighted by molar-refractivity contribution is 6.07. The molecule has 9 aromatic carbocycles. The Kier molecular flexibility index (Phi) is 8.01. The van der Waals surface area contributed by atoms with Crippen LogP contribution in [0.4, 0.5) is 34.1 Å². The topological polar surface area (TPSA) is 19.6 Å². The lowest BCUT2D eigenvalue weighted by atomic mass is 9.61. The lowest BCUT2D eigenvalue weighted by Gasteiger charge is -2.46. The van der Waals surface area contributed by atoms with E-state index in [1.807, 2.05) is 0 Å². The van der Waals surface area contributed by atoms with E-state index < -0.39 is 5.41 Å². The molecule has 0 amide bonds. The molecule has 3 nitrogen and oxygen atoms in total. The van der Waals surface area contributed by atoms with E-state index in [-0.39, 0.29) is 5.41 Å². The van der Waals surface area contributed by atoms with Crippen molar-refractivity contribution >= 4 is 56.1 Å². The van der Waals surface area contributed by atoms with E-state index in [9.17, 15) is 0 Å². The molecule has 0 radical (unpaired) electrons. The minimum absolute atomic E-state index is 0.105. The maximum absolute atomic E-state index is 6.91. The summed E-state index contributed by atoms with van der Waals surface area (Å²) in [6.07, 6.45) is 0. The number of anilines is 6. The summed E-state index contributed by atoms with van der Waals surface area (Å²) in [6, 6.07) is 77.6. The van der Waals surface area contributed by atoms with Gasteiger partial charge in [-0.1, -0.05) is 159 Å². The molecule has 296 valence electrons. The van der Waals surface area contributed by atoms with E-state index in [4.69, 9.17) is 4.42 Å². The van der Waals surface area contributed by atoms with Gasteiger partial charge < -0.3 is 14.2 Å². The number of hydrogen-bond acceptors (Lipinski definition) is 3. The molecule has 0 atom stereocenters. The highest BCUT2D eigenvalue weighted by Crippen LogP contribution is 2.60. The Labute approximate surface area is 362 Å². The Bertz CT molecular complexity index is 3310. The molecule has 2 heterocycles. The summed E-state index contributed by atoms with van der Waals surface area (Å²) >= 11 is 0. The maximum atomic E-state index is 6.91. The fourth-order valence-corrected chi connectivity index (χ4v) is 10.9. The van der Waals surface area contributed by atoms with Crippen LogP contribution in [0.5, 0.6) is 0 Å². The van der Waals surface area contributed by atoms with Crippen LogP contribution in [0.25, 0.3) is 33.1 Å². The monoisotopic (exact) mass is 796 g/mol. The Morgan fingerprint density at radius 2 is 0.968 bits per heavy atom. The second-order valence-corrected chi connectivity index (χ2v) is 17.3. The lowest BCUT2D eigenvalue weighted by Crippen LogP contribution is -2.38. The summed E-state index contributed by atoms with van der Waals surface area (Å²) in [5, 5.41) is 2.25. The first-order valence-corrected chi connectivity index (χ1v) is 21.6. The molecular weight excluding hydrogens is 753 g/mol. The highest BCUT2D eigenvalue weighted by Gasteiger charge is 2.48. The van der Waals surface area contributed by atoms with Gasteiger partial charge in [0.25, 0.3) is 0 Å². The predicted molar refractivity (Wildman–Crippen MR) is 257 cm³/mol. The molecule has 10 aromatic rings. The number of nitrogens with zero attached hydrogens (tertiary/aromatic N) is 2. The molecule has 0 saturated carbocycles. The zero-order valence-corrected chi connectivity index (χ0v) is 35.0. The van der Waals surface area contributed by atoms with Crippen molar-refractivity contribution in [2.75, 3.05) is 9.80 Å². The number of hydrogen-bond donors (Lipinski definition) is 0. The van der Waals surface area contributed by atoms with Crippen LogP contribution in [0, 0.1) is 6.92 Å². The molecule has 1 aliphatic heterocycles. The molecule has 12 rings (SSSR count). The van der Waals surface area contributed by atoms with Gasteiger partial charge in [0, 0.05) is 44.5 Å². The summed E-state index contributed by atoms with van der Waals surface area (Å²) in [5.74, 6) is 0. The van der Waals surface area contributed by atoms with E-state index in [0.717, 1.165) is 61.6 Å². The fourth-order valence-electron chi connectivity index (χ4n) is 10.9. The molecule has 0 saturated heterocycles. The predicted octanol–water partition coefficient (Wildman–Crippen LogP) is 15.8. The molecule has 2 aliphatic rings. The Balaban J connectivity index is 1.04. The lowest BCUT2D eigenvalue weighted by molar-refractivity contribution is 0.642. The van der Waals surface area contributed by atoms with Gasteiger partial charge in [0.05, 0.1) is 16.8 Å². The number of rotatable bonds is 6. The standard InChI is InChI=1S/C59H44N2O/c1-39-18-7-10-24-48(39)59(52-28-17-23-47-46-22-9-16-31-56(46)62-57(47)52)50-26-12-14-29-54(50)61(55-30-15-13-27-51(55)59)42-34-32-41(33-35-42)60(40-19-5-4-6-20-40)43-36-37-45-44-21-8-11-25-49(44)58(2,3)53(45)38-43/h4-38H,1-3H3. The van der Waals surface area contributed by atoms with Crippen LogP contribution in [0.3, 0.4) is 0 Å². The van der Waals surface area contributed by atoms with Gasteiger partial charge in [0.2, 0.25) is 0 Å². The molecule has 1 aliphatic carbocycles. The number of benzene rings is 9. The summed E-state index contributed by atoms with van der Waals surface area (Å²) < 4.78 is 6.91. The minimum Gasteiger partial charge on any atom is -0.456 e. The molecule has 0 unspecified atom stereocenters. The zero-order chi connectivity index (χ0) is 41.6. The second-order valence-electron chi connectivity index (χ2n) is 17.3.